The normalized spacial score (nSPS) is 14.5. The minimum atomic E-state index is -0.705. The molecule has 30 heavy (non-hydrogen) atoms. The number of carbonyl (C=O) groups excluding carboxylic acids is 1. The molecule has 0 bridgehead atoms. The van der Waals surface area contributed by atoms with Gasteiger partial charge in [0, 0.05) is 11.6 Å². The van der Waals surface area contributed by atoms with Crippen molar-refractivity contribution in [2.75, 3.05) is 13.7 Å². The standard InChI is InChI=1S/C20H16Cl2N2O6/c1-3-6-29-18-14(22)7-11(9-17(18)28-2)8-15-20(25)30-19(23-15)12-4-5-13(21)16(10-12)24(26)27/h4-5,7-10H,3,6H2,1-2H3/b15-8+. The molecule has 1 aliphatic heterocycles. The van der Waals surface area contributed by atoms with Gasteiger partial charge in [-0.05, 0) is 42.3 Å². The number of aliphatic imine (C=N–C) groups is 1. The maximum atomic E-state index is 12.2. The molecule has 10 heteroatoms. The molecular formula is C20H16Cl2N2O6. The number of benzene rings is 2. The molecule has 156 valence electrons. The van der Waals surface area contributed by atoms with Crippen LogP contribution in [0.15, 0.2) is 41.0 Å². The Bertz CT molecular complexity index is 1080. The number of carbonyl (C=O) groups is 1. The van der Waals surface area contributed by atoms with E-state index in [9.17, 15) is 14.9 Å². The predicted molar refractivity (Wildman–Crippen MR) is 113 cm³/mol. The number of rotatable bonds is 7. The molecular weight excluding hydrogens is 435 g/mol. The summed E-state index contributed by atoms with van der Waals surface area (Å²) in [5.41, 5.74) is 0.481. The Kier molecular flexibility index (Phi) is 6.59. The van der Waals surface area contributed by atoms with Crippen LogP contribution >= 0.6 is 23.2 Å². The fourth-order valence-electron chi connectivity index (χ4n) is 2.64. The minimum Gasteiger partial charge on any atom is -0.493 e. The van der Waals surface area contributed by atoms with Crippen LogP contribution < -0.4 is 9.47 Å². The van der Waals surface area contributed by atoms with Crippen molar-refractivity contribution in [1.29, 1.82) is 0 Å². The SMILES string of the molecule is CCCOc1c(Cl)cc(/C=C2/N=C(c3ccc(Cl)c([N+](=O)[O-])c3)OC2=O)cc1OC. The summed E-state index contributed by atoms with van der Waals surface area (Å²) in [6, 6.07) is 7.27. The molecule has 0 aliphatic carbocycles. The van der Waals surface area contributed by atoms with E-state index in [2.05, 4.69) is 4.99 Å². The number of methoxy groups -OCH3 is 1. The van der Waals surface area contributed by atoms with E-state index >= 15 is 0 Å². The van der Waals surface area contributed by atoms with Crippen LogP contribution in [0.1, 0.15) is 24.5 Å². The lowest BCUT2D eigenvalue weighted by atomic mass is 10.1. The highest BCUT2D eigenvalue weighted by Crippen LogP contribution is 2.37. The summed E-state index contributed by atoms with van der Waals surface area (Å²) in [5, 5.41) is 11.4. The van der Waals surface area contributed by atoms with Gasteiger partial charge in [-0.1, -0.05) is 30.1 Å². The lowest BCUT2D eigenvalue weighted by Crippen LogP contribution is -2.06. The first kappa shape index (κ1) is 21.6. The summed E-state index contributed by atoms with van der Waals surface area (Å²) in [5.74, 6) is 0.0532. The fourth-order valence-corrected chi connectivity index (χ4v) is 3.10. The van der Waals surface area contributed by atoms with Gasteiger partial charge in [0.15, 0.2) is 17.2 Å². The predicted octanol–water partition coefficient (Wildman–Crippen LogP) is 5.04. The zero-order valence-electron chi connectivity index (χ0n) is 16.0. The Morgan fingerprint density at radius 2 is 2.00 bits per heavy atom. The molecule has 2 aromatic carbocycles. The maximum Gasteiger partial charge on any atom is 0.363 e. The van der Waals surface area contributed by atoms with Crippen LogP contribution in [0, 0.1) is 10.1 Å². The summed E-state index contributed by atoms with van der Waals surface area (Å²) < 4.78 is 16.1. The van der Waals surface area contributed by atoms with E-state index in [1.807, 2.05) is 6.92 Å². The molecule has 0 unspecified atom stereocenters. The minimum absolute atomic E-state index is 0.00273. The number of hydrogen-bond acceptors (Lipinski definition) is 7. The van der Waals surface area contributed by atoms with Crippen LogP contribution in [0.5, 0.6) is 11.5 Å². The number of nitro groups is 1. The Hall–Kier alpha value is -3.10. The molecule has 1 aliphatic rings. The maximum absolute atomic E-state index is 12.2. The average molecular weight is 451 g/mol. The number of hydrogen-bond donors (Lipinski definition) is 0. The summed E-state index contributed by atoms with van der Waals surface area (Å²) in [6.07, 6.45) is 2.27. The summed E-state index contributed by atoms with van der Waals surface area (Å²) >= 11 is 12.1. The number of cyclic esters (lactones) is 1. The zero-order valence-corrected chi connectivity index (χ0v) is 17.5. The van der Waals surface area contributed by atoms with Crippen molar-refractivity contribution in [1.82, 2.24) is 0 Å². The lowest BCUT2D eigenvalue weighted by Gasteiger charge is -2.12. The number of nitro benzene ring substituents is 1. The molecule has 0 radical (unpaired) electrons. The van der Waals surface area contributed by atoms with Gasteiger partial charge in [0.1, 0.15) is 5.02 Å². The molecule has 0 saturated carbocycles. The van der Waals surface area contributed by atoms with E-state index in [1.165, 1.54) is 31.4 Å². The molecule has 0 spiro atoms. The molecule has 0 aromatic heterocycles. The van der Waals surface area contributed by atoms with Crippen molar-refractivity contribution in [2.45, 2.75) is 13.3 Å². The summed E-state index contributed by atoms with van der Waals surface area (Å²) in [6.45, 7) is 2.44. The van der Waals surface area contributed by atoms with Crippen molar-refractivity contribution in [2.24, 2.45) is 4.99 Å². The van der Waals surface area contributed by atoms with Gasteiger partial charge in [0.25, 0.3) is 5.69 Å². The van der Waals surface area contributed by atoms with Crippen LogP contribution in [0.2, 0.25) is 10.0 Å². The van der Waals surface area contributed by atoms with Crippen LogP contribution in [-0.4, -0.2) is 30.5 Å². The first-order chi connectivity index (χ1) is 14.3. The highest BCUT2D eigenvalue weighted by molar-refractivity contribution is 6.33. The second-order valence-electron chi connectivity index (χ2n) is 6.14. The third-order valence-corrected chi connectivity index (χ3v) is 4.62. The summed E-state index contributed by atoms with van der Waals surface area (Å²) in [7, 11) is 1.48. The Morgan fingerprint density at radius 1 is 1.23 bits per heavy atom. The average Bonchev–Trinajstić information content (AvgIpc) is 3.07. The number of esters is 1. The quantitative estimate of drug-likeness (QED) is 0.253. The van der Waals surface area contributed by atoms with Gasteiger partial charge in [-0.3, -0.25) is 10.1 Å². The lowest BCUT2D eigenvalue weighted by molar-refractivity contribution is -0.384. The Labute approximate surface area is 181 Å². The molecule has 0 amide bonds. The third-order valence-electron chi connectivity index (χ3n) is 4.02. The molecule has 0 atom stereocenters. The molecule has 3 rings (SSSR count). The van der Waals surface area contributed by atoms with Crippen LogP contribution in [-0.2, 0) is 9.53 Å². The molecule has 0 N–H and O–H groups in total. The second kappa shape index (κ2) is 9.15. The van der Waals surface area contributed by atoms with Gasteiger partial charge in [-0.15, -0.1) is 0 Å². The highest BCUT2D eigenvalue weighted by Gasteiger charge is 2.26. The second-order valence-corrected chi connectivity index (χ2v) is 6.96. The van der Waals surface area contributed by atoms with Crippen LogP contribution in [0.4, 0.5) is 5.69 Å². The molecule has 0 fully saturated rings. The van der Waals surface area contributed by atoms with Crippen molar-refractivity contribution >= 4 is 46.8 Å². The van der Waals surface area contributed by atoms with Gasteiger partial charge in [-0.2, -0.15) is 0 Å². The number of halogens is 2. The van der Waals surface area contributed by atoms with E-state index in [0.29, 0.717) is 28.7 Å². The van der Waals surface area contributed by atoms with E-state index in [-0.39, 0.29) is 27.9 Å². The number of nitrogens with zero attached hydrogens (tertiary/aromatic N) is 2. The smallest absolute Gasteiger partial charge is 0.363 e. The third kappa shape index (κ3) is 4.55. The van der Waals surface area contributed by atoms with Gasteiger partial charge in [0.2, 0.25) is 5.90 Å². The van der Waals surface area contributed by atoms with Crippen LogP contribution in [0.3, 0.4) is 0 Å². The van der Waals surface area contributed by atoms with E-state index < -0.39 is 10.9 Å². The first-order valence-corrected chi connectivity index (χ1v) is 9.56. The van der Waals surface area contributed by atoms with Crippen LogP contribution in [0.25, 0.3) is 6.08 Å². The van der Waals surface area contributed by atoms with Crippen molar-refractivity contribution in [3.63, 3.8) is 0 Å². The fraction of sp³-hybridized carbons (Fsp3) is 0.200. The van der Waals surface area contributed by atoms with E-state index in [4.69, 9.17) is 37.4 Å². The van der Waals surface area contributed by atoms with Gasteiger partial charge < -0.3 is 14.2 Å². The Morgan fingerprint density at radius 3 is 2.67 bits per heavy atom. The van der Waals surface area contributed by atoms with Gasteiger partial charge in [0.05, 0.1) is 23.7 Å². The largest absolute Gasteiger partial charge is 0.493 e. The van der Waals surface area contributed by atoms with E-state index in [1.54, 1.807) is 12.1 Å². The van der Waals surface area contributed by atoms with Gasteiger partial charge in [-0.25, -0.2) is 9.79 Å². The first-order valence-electron chi connectivity index (χ1n) is 8.81. The zero-order chi connectivity index (χ0) is 21.8. The van der Waals surface area contributed by atoms with E-state index in [0.717, 1.165) is 6.42 Å². The molecule has 2 aromatic rings. The molecule has 0 saturated heterocycles. The van der Waals surface area contributed by atoms with Crippen molar-refractivity contribution in [3.05, 3.63) is 67.3 Å². The topological polar surface area (TPSA) is 100 Å². The molecule has 8 nitrogen and oxygen atoms in total. The van der Waals surface area contributed by atoms with Gasteiger partial charge >= 0.3 is 5.97 Å². The molecule has 1 heterocycles. The number of ether oxygens (including phenoxy) is 3. The highest BCUT2D eigenvalue weighted by atomic mass is 35.5. The van der Waals surface area contributed by atoms with Crippen molar-refractivity contribution < 1.29 is 23.9 Å². The monoisotopic (exact) mass is 450 g/mol. The Balaban J connectivity index is 1.96. The van der Waals surface area contributed by atoms with Crippen molar-refractivity contribution in [3.8, 4) is 11.5 Å². The summed E-state index contributed by atoms with van der Waals surface area (Å²) in [4.78, 5) is 26.8.